The number of hydrogen-bond acceptors (Lipinski definition) is 2. The quantitative estimate of drug-likeness (QED) is 0.732. The second-order valence-electron chi connectivity index (χ2n) is 3.75. The van der Waals surface area contributed by atoms with Crippen LogP contribution in [0.5, 0.6) is 0 Å². The summed E-state index contributed by atoms with van der Waals surface area (Å²) < 4.78 is 0. The largest absolute Gasteiger partial charge is 0.298 e. The van der Waals surface area contributed by atoms with Crippen LogP contribution in [0, 0.1) is 5.92 Å². The lowest BCUT2D eigenvalue weighted by molar-refractivity contribution is -0.119. The Morgan fingerprint density at radius 1 is 1.33 bits per heavy atom. The molecular weight excluding hydrogens is 204 g/mol. The second-order valence-corrected chi connectivity index (χ2v) is 4.74. The molecule has 0 aliphatic heterocycles. The smallest absolute Gasteiger partial charge is 0.145 e. The van der Waals surface area contributed by atoms with Crippen molar-refractivity contribution < 1.29 is 4.79 Å². The molecule has 0 amide bonds. The van der Waals surface area contributed by atoms with E-state index in [2.05, 4.69) is 19.1 Å². The fourth-order valence-corrected chi connectivity index (χ4v) is 2.23. The lowest BCUT2D eigenvalue weighted by atomic mass is 10.1. The summed E-state index contributed by atoms with van der Waals surface area (Å²) in [6.07, 6.45) is 0.949. The fraction of sp³-hybridized carbons (Fsp3) is 0.462. The van der Waals surface area contributed by atoms with Gasteiger partial charge in [0, 0.05) is 11.7 Å². The van der Waals surface area contributed by atoms with Crippen LogP contribution in [0.25, 0.3) is 0 Å². The molecule has 0 saturated heterocycles. The van der Waals surface area contributed by atoms with Crippen molar-refractivity contribution in [3.63, 3.8) is 0 Å². The molecule has 0 heterocycles. The molecule has 1 nitrogen and oxygen atoms in total. The van der Waals surface area contributed by atoms with E-state index in [0.29, 0.717) is 11.5 Å². The SMILES string of the molecule is CCC(C)C(=O)CSCc1ccccc1. The van der Waals surface area contributed by atoms with Crippen molar-refractivity contribution in [3.05, 3.63) is 35.9 Å². The summed E-state index contributed by atoms with van der Waals surface area (Å²) in [5.41, 5.74) is 1.29. The highest BCUT2D eigenvalue weighted by molar-refractivity contribution is 7.99. The monoisotopic (exact) mass is 222 g/mol. The van der Waals surface area contributed by atoms with Crippen LogP contribution >= 0.6 is 11.8 Å². The number of rotatable bonds is 6. The Bertz CT molecular complexity index is 295. The maximum atomic E-state index is 11.5. The van der Waals surface area contributed by atoms with Crippen molar-refractivity contribution in [1.29, 1.82) is 0 Å². The van der Waals surface area contributed by atoms with E-state index >= 15 is 0 Å². The highest BCUT2D eigenvalue weighted by atomic mass is 32.2. The second kappa shape index (κ2) is 6.67. The van der Waals surface area contributed by atoms with Crippen LogP contribution < -0.4 is 0 Å². The van der Waals surface area contributed by atoms with Crippen molar-refractivity contribution in [1.82, 2.24) is 0 Å². The number of benzene rings is 1. The first-order valence-electron chi connectivity index (χ1n) is 5.38. The van der Waals surface area contributed by atoms with Crippen LogP contribution in [0.4, 0.5) is 0 Å². The first-order valence-corrected chi connectivity index (χ1v) is 6.54. The Kier molecular flexibility index (Phi) is 5.48. The standard InChI is InChI=1S/C13H18OS/c1-3-11(2)13(14)10-15-9-12-7-5-4-6-8-12/h4-8,11H,3,9-10H2,1-2H3. The Balaban J connectivity index is 2.25. The lowest BCUT2D eigenvalue weighted by Gasteiger charge is -2.06. The number of thioether (sulfide) groups is 1. The fourth-order valence-electron chi connectivity index (χ4n) is 1.21. The molecule has 0 aliphatic carbocycles. The van der Waals surface area contributed by atoms with E-state index in [1.807, 2.05) is 25.1 Å². The number of hydrogen-bond donors (Lipinski definition) is 0. The van der Waals surface area contributed by atoms with Crippen LogP contribution in [-0.4, -0.2) is 11.5 Å². The first-order chi connectivity index (χ1) is 7.24. The van der Waals surface area contributed by atoms with E-state index in [0.717, 1.165) is 12.2 Å². The molecule has 82 valence electrons. The number of Topliss-reactive ketones (excluding diaryl/α,β-unsaturated/α-hetero) is 1. The van der Waals surface area contributed by atoms with Crippen LogP contribution in [0.15, 0.2) is 30.3 Å². The van der Waals surface area contributed by atoms with Gasteiger partial charge in [0.15, 0.2) is 0 Å². The average molecular weight is 222 g/mol. The Morgan fingerprint density at radius 3 is 2.60 bits per heavy atom. The zero-order chi connectivity index (χ0) is 11.1. The topological polar surface area (TPSA) is 17.1 Å². The van der Waals surface area contributed by atoms with E-state index in [9.17, 15) is 4.79 Å². The molecule has 1 aromatic rings. The molecule has 15 heavy (non-hydrogen) atoms. The molecule has 1 rings (SSSR count). The molecule has 0 bridgehead atoms. The normalized spacial score (nSPS) is 12.4. The van der Waals surface area contributed by atoms with Gasteiger partial charge >= 0.3 is 0 Å². The van der Waals surface area contributed by atoms with E-state index in [1.165, 1.54) is 5.56 Å². The number of carbonyl (C=O) groups excluding carboxylic acids is 1. The Labute approximate surface area is 96.3 Å². The summed E-state index contributed by atoms with van der Waals surface area (Å²) >= 11 is 1.71. The lowest BCUT2D eigenvalue weighted by Crippen LogP contribution is -2.12. The molecular formula is C13H18OS. The van der Waals surface area contributed by atoms with E-state index < -0.39 is 0 Å². The zero-order valence-electron chi connectivity index (χ0n) is 9.40. The van der Waals surface area contributed by atoms with Gasteiger partial charge in [-0.25, -0.2) is 0 Å². The zero-order valence-corrected chi connectivity index (χ0v) is 10.2. The summed E-state index contributed by atoms with van der Waals surface area (Å²) in [6.45, 7) is 4.07. The Hall–Kier alpha value is -0.760. The minimum atomic E-state index is 0.216. The van der Waals surface area contributed by atoms with E-state index in [-0.39, 0.29) is 5.92 Å². The molecule has 1 aromatic carbocycles. The molecule has 1 atom stereocenters. The third-order valence-electron chi connectivity index (χ3n) is 2.52. The molecule has 0 aromatic heterocycles. The van der Waals surface area contributed by atoms with Crippen LogP contribution in [0.1, 0.15) is 25.8 Å². The van der Waals surface area contributed by atoms with Gasteiger partial charge in [0.25, 0.3) is 0 Å². The summed E-state index contributed by atoms with van der Waals surface area (Å²) in [6, 6.07) is 10.3. The maximum Gasteiger partial charge on any atom is 0.145 e. The van der Waals surface area contributed by atoms with Gasteiger partial charge < -0.3 is 0 Å². The van der Waals surface area contributed by atoms with Crippen LogP contribution in [0.3, 0.4) is 0 Å². The third kappa shape index (κ3) is 4.52. The molecule has 0 radical (unpaired) electrons. The summed E-state index contributed by atoms with van der Waals surface area (Å²) in [4.78, 5) is 11.5. The van der Waals surface area contributed by atoms with Gasteiger partial charge in [-0.2, -0.15) is 0 Å². The molecule has 0 fully saturated rings. The average Bonchev–Trinajstić information content (AvgIpc) is 2.29. The van der Waals surface area contributed by atoms with Gasteiger partial charge in [0.2, 0.25) is 0 Å². The first kappa shape index (κ1) is 12.3. The van der Waals surface area contributed by atoms with Crippen LogP contribution in [0.2, 0.25) is 0 Å². The summed E-state index contributed by atoms with van der Waals surface area (Å²) in [7, 11) is 0. The van der Waals surface area contributed by atoms with Crippen molar-refractivity contribution in [2.75, 3.05) is 5.75 Å². The molecule has 0 N–H and O–H groups in total. The van der Waals surface area contributed by atoms with E-state index in [4.69, 9.17) is 0 Å². The van der Waals surface area contributed by atoms with Crippen molar-refractivity contribution >= 4 is 17.5 Å². The molecule has 0 aliphatic rings. The van der Waals surface area contributed by atoms with Crippen molar-refractivity contribution in [2.45, 2.75) is 26.0 Å². The molecule has 0 spiro atoms. The van der Waals surface area contributed by atoms with Crippen LogP contribution in [-0.2, 0) is 10.5 Å². The van der Waals surface area contributed by atoms with Gasteiger partial charge in [-0.3, -0.25) is 4.79 Å². The minimum Gasteiger partial charge on any atom is -0.298 e. The summed E-state index contributed by atoms with van der Waals surface area (Å²) in [5.74, 6) is 2.17. The number of ketones is 1. The van der Waals surface area contributed by atoms with Crippen molar-refractivity contribution in [2.24, 2.45) is 5.92 Å². The predicted molar refractivity (Wildman–Crippen MR) is 67.1 cm³/mol. The maximum absolute atomic E-state index is 11.5. The molecule has 0 saturated carbocycles. The summed E-state index contributed by atoms with van der Waals surface area (Å²) in [5, 5.41) is 0. The molecule has 1 unspecified atom stereocenters. The number of carbonyl (C=O) groups is 1. The predicted octanol–water partition coefficient (Wildman–Crippen LogP) is 3.54. The highest BCUT2D eigenvalue weighted by Gasteiger charge is 2.09. The van der Waals surface area contributed by atoms with Gasteiger partial charge in [-0.1, -0.05) is 44.2 Å². The molecule has 2 heteroatoms. The van der Waals surface area contributed by atoms with Gasteiger partial charge in [0.05, 0.1) is 5.75 Å². The van der Waals surface area contributed by atoms with Gasteiger partial charge in [-0.05, 0) is 12.0 Å². The van der Waals surface area contributed by atoms with Gasteiger partial charge in [-0.15, -0.1) is 11.8 Å². The Morgan fingerprint density at radius 2 is 2.00 bits per heavy atom. The van der Waals surface area contributed by atoms with Crippen molar-refractivity contribution in [3.8, 4) is 0 Å². The van der Waals surface area contributed by atoms with E-state index in [1.54, 1.807) is 11.8 Å². The van der Waals surface area contributed by atoms with Gasteiger partial charge in [0.1, 0.15) is 5.78 Å². The highest BCUT2D eigenvalue weighted by Crippen LogP contribution is 2.14. The minimum absolute atomic E-state index is 0.216. The third-order valence-corrected chi connectivity index (χ3v) is 3.54.